The zero-order valence-electron chi connectivity index (χ0n) is 21.2. The first-order chi connectivity index (χ1) is 16.8. The van der Waals surface area contributed by atoms with Crippen LogP contribution in [0, 0.1) is 0 Å². The summed E-state index contributed by atoms with van der Waals surface area (Å²) >= 11 is 0. The number of aryl methyl sites for hydroxylation is 2. The normalized spacial score (nSPS) is 15.7. The van der Waals surface area contributed by atoms with Gasteiger partial charge in [-0.05, 0) is 63.7 Å². The van der Waals surface area contributed by atoms with Crippen molar-refractivity contribution in [3.63, 3.8) is 0 Å². The molecule has 0 aliphatic carbocycles. The Morgan fingerprint density at radius 3 is 2.31 bits per heavy atom. The average Bonchev–Trinajstić information content (AvgIpc) is 3.11. The van der Waals surface area contributed by atoms with Crippen LogP contribution in [-0.2, 0) is 24.4 Å². The van der Waals surface area contributed by atoms with Crippen LogP contribution in [0.5, 0.6) is 0 Å². The van der Waals surface area contributed by atoms with E-state index in [1.54, 1.807) is 16.1 Å². The molecule has 3 aromatic rings. The number of hydrogen-bond donors (Lipinski definition) is 0. The number of para-hydroxylation sites is 1. The molecule has 2 heterocycles. The van der Waals surface area contributed by atoms with Crippen LogP contribution >= 0.6 is 0 Å². The molecule has 0 unspecified atom stereocenters. The van der Waals surface area contributed by atoms with Gasteiger partial charge in [0.25, 0.3) is 5.91 Å². The number of imidazole rings is 1. The maximum absolute atomic E-state index is 13.8. The maximum atomic E-state index is 13.8. The molecular weight excluding hydrogens is 442 g/mol. The van der Waals surface area contributed by atoms with Crippen LogP contribution in [0.3, 0.4) is 0 Å². The summed E-state index contributed by atoms with van der Waals surface area (Å²) < 4.78 is 3.46. The monoisotopic (exact) mass is 477 g/mol. The molecule has 0 fully saturated rings. The number of fused-ring (bicyclic) bond motifs is 2. The van der Waals surface area contributed by atoms with E-state index in [4.69, 9.17) is 0 Å². The predicted molar refractivity (Wildman–Crippen MR) is 139 cm³/mol. The molecule has 2 aromatic carbocycles. The van der Waals surface area contributed by atoms with Crippen molar-refractivity contribution in [3.05, 3.63) is 64.1 Å². The smallest absolute Gasteiger partial charge is 0.329 e. The van der Waals surface area contributed by atoms with Gasteiger partial charge in [-0.1, -0.05) is 18.2 Å². The zero-order valence-corrected chi connectivity index (χ0v) is 21.2. The molecule has 0 atom stereocenters. The number of benzene rings is 2. The SMILES string of the molecule is CCn1c(=O)n(CC)c2cc(C(=O)N3CCN(C)CCCN(C(C)=O)c4ccccc4C3)ccc21. The molecule has 8 heteroatoms. The third kappa shape index (κ3) is 4.89. The molecule has 0 saturated heterocycles. The van der Waals surface area contributed by atoms with Gasteiger partial charge in [0, 0.05) is 57.4 Å². The number of rotatable bonds is 3. The Morgan fingerprint density at radius 1 is 0.886 bits per heavy atom. The van der Waals surface area contributed by atoms with Gasteiger partial charge in [-0.25, -0.2) is 4.79 Å². The summed E-state index contributed by atoms with van der Waals surface area (Å²) in [6, 6.07) is 13.4. The Morgan fingerprint density at radius 2 is 1.60 bits per heavy atom. The number of hydrogen-bond acceptors (Lipinski definition) is 4. The Labute approximate surface area is 206 Å². The number of carbonyl (C=O) groups is 2. The summed E-state index contributed by atoms with van der Waals surface area (Å²) in [5.41, 5.74) is 3.94. The van der Waals surface area contributed by atoms with E-state index in [-0.39, 0.29) is 17.5 Å². The second kappa shape index (κ2) is 10.5. The van der Waals surface area contributed by atoms with Crippen molar-refractivity contribution in [2.75, 3.05) is 38.1 Å². The highest BCUT2D eigenvalue weighted by molar-refractivity contribution is 5.98. The van der Waals surface area contributed by atoms with Crippen LogP contribution in [0.1, 0.15) is 43.1 Å². The highest BCUT2D eigenvalue weighted by Gasteiger charge is 2.23. The van der Waals surface area contributed by atoms with E-state index in [0.29, 0.717) is 38.3 Å². The van der Waals surface area contributed by atoms with Crippen molar-refractivity contribution < 1.29 is 9.59 Å². The minimum atomic E-state index is -0.0805. The number of carbonyl (C=O) groups excluding carboxylic acids is 2. The number of aromatic nitrogens is 2. The minimum Gasteiger partial charge on any atom is -0.333 e. The molecule has 186 valence electrons. The minimum absolute atomic E-state index is 0.000603. The fourth-order valence-corrected chi connectivity index (χ4v) is 4.96. The van der Waals surface area contributed by atoms with Gasteiger partial charge in [-0.15, -0.1) is 0 Å². The third-order valence-electron chi connectivity index (χ3n) is 6.88. The van der Waals surface area contributed by atoms with E-state index < -0.39 is 0 Å². The second-order valence-electron chi connectivity index (χ2n) is 9.16. The Bertz CT molecular complexity index is 1290. The van der Waals surface area contributed by atoms with Gasteiger partial charge < -0.3 is 14.7 Å². The highest BCUT2D eigenvalue weighted by Crippen LogP contribution is 2.25. The standard InChI is InChI=1S/C27H35N5O3/c1-5-30-24-13-12-21(18-25(24)31(6-2)27(30)35)26(34)29-17-16-28(4)14-9-15-32(20(3)33)23-11-8-7-10-22(23)19-29/h7-8,10-13,18H,5-6,9,14-17,19H2,1-4H3. The Balaban J connectivity index is 1.75. The molecule has 8 nitrogen and oxygen atoms in total. The van der Waals surface area contributed by atoms with Crippen molar-refractivity contribution in [1.29, 1.82) is 0 Å². The van der Waals surface area contributed by atoms with E-state index in [1.165, 1.54) is 0 Å². The van der Waals surface area contributed by atoms with E-state index in [1.807, 2.05) is 73.2 Å². The van der Waals surface area contributed by atoms with Gasteiger partial charge in [0.2, 0.25) is 5.91 Å². The summed E-state index contributed by atoms with van der Waals surface area (Å²) in [6.45, 7) is 9.80. The van der Waals surface area contributed by atoms with Crippen LogP contribution in [0.15, 0.2) is 47.3 Å². The number of likely N-dealkylation sites (N-methyl/N-ethyl adjacent to an activating group) is 1. The van der Waals surface area contributed by atoms with Gasteiger partial charge in [0.15, 0.2) is 0 Å². The number of nitrogens with zero attached hydrogens (tertiary/aromatic N) is 5. The predicted octanol–water partition coefficient (Wildman–Crippen LogP) is 3.17. The molecule has 0 bridgehead atoms. The first-order valence-corrected chi connectivity index (χ1v) is 12.4. The van der Waals surface area contributed by atoms with Crippen molar-refractivity contribution in [2.45, 2.75) is 46.8 Å². The Hall–Kier alpha value is -3.39. The van der Waals surface area contributed by atoms with E-state index in [2.05, 4.69) is 4.90 Å². The van der Waals surface area contributed by atoms with Gasteiger partial charge in [-0.3, -0.25) is 18.7 Å². The van der Waals surface area contributed by atoms with Crippen LogP contribution in [0.25, 0.3) is 11.0 Å². The highest BCUT2D eigenvalue weighted by atomic mass is 16.2. The Kier molecular flexibility index (Phi) is 7.40. The molecule has 1 aliphatic heterocycles. The summed E-state index contributed by atoms with van der Waals surface area (Å²) in [5.74, 6) is -0.0799. The van der Waals surface area contributed by atoms with Crippen molar-refractivity contribution >= 4 is 28.5 Å². The zero-order chi connectivity index (χ0) is 25.1. The molecule has 0 N–H and O–H groups in total. The van der Waals surface area contributed by atoms with Gasteiger partial charge >= 0.3 is 5.69 Å². The summed E-state index contributed by atoms with van der Waals surface area (Å²) in [7, 11) is 2.05. The van der Waals surface area contributed by atoms with E-state index in [0.717, 1.165) is 41.8 Å². The summed E-state index contributed by atoms with van der Waals surface area (Å²) in [4.78, 5) is 44.9. The summed E-state index contributed by atoms with van der Waals surface area (Å²) in [5, 5.41) is 0. The molecule has 0 radical (unpaired) electrons. The fourth-order valence-electron chi connectivity index (χ4n) is 4.96. The van der Waals surface area contributed by atoms with Gasteiger partial charge in [0.1, 0.15) is 0 Å². The van der Waals surface area contributed by atoms with Crippen LogP contribution in [0.2, 0.25) is 0 Å². The largest absolute Gasteiger partial charge is 0.333 e. The maximum Gasteiger partial charge on any atom is 0.329 e. The number of amides is 2. The first-order valence-electron chi connectivity index (χ1n) is 12.4. The quantitative estimate of drug-likeness (QED) is 0.581. The topological polar surface area (TPSA) is 70.8 Å². The van der Waals surface area contributed by atoms with Gasteiger partial charge in [-0.2, -0.15) is 0 Å². The van der Waals surface area contributed by atoms with Gasteiger partial charge in [0.05, 0.1) is 11.0 Å². The van der Waals surface area contributed by atoms with Crippen molar-refractivity contribution in [2.24, 2.45) is 0 Å². The first kappa shape index (κ1) is 24.7. The van der Waals surface area contributed by atoms with E-state index >= 15 is 0 Å². The lowest BCUT2D eigenvalue weighted by Gasteiger charge is -2.27. The molecular formula is C27H35N5O3. The fraction of sp³-hybridized carbons (Fsp3) is 0.444. The van der Waals surface area contributed by atoms with Crippen molar-refractivity contribution in [1.82, 2.24) is 18.9 Å². The lowest BCUT2D eigenvalue weighted by molar-refractivity contribution is -0.116. The van der Waals surface area contributed by atoms with E-state index in [9.17, 15) is 14.4 Å². The third-order valence-corrected chi connectivity index (χ3v) is 6.88. The lowest BCUT2D eigenvalue weighted by Crippen LogP contribution is -2.37. The molecule has 35 heavy (non-hydrogen) atoms. The molecule has 1 aliphatic rings. The van der Waals surface area contributed by atoms with Crippen LogP contribution < -0.4 is 10.6 Å². The van der Waals surface area contributed by atoms with Crippen LogP contribution in [-0.4, -0.2) is 64.0 Å². The number of anilines is 1. The van der Waals surface area contributed by atoms with Crippen molar-refractivity contribution in [3.8, 4) is 0 Å². The summed E-state index contributed by atoms with van der Waals surface area (Å²) in [6.07, 6.45) is 0.859. The molecule has 0 spiro atoms. The molecule has 4 rings (SSSR count). The average molecular weight is 478 g/mol. The molecule has 1 aromatic heterocycles. The van der Waals surface area contributed by atoms with Crippen LogP contribution in [0.4, 0.5) is 5.69 Å². The second-order valence-corrected chi connectivity index (χ2v) is 9.16. The molecule has 2 amide bonds. The lowest BCUT2D eigenvalue weighted by atomic mass is 10.1. The molecule has 0 saturated carbocycles.